The van der Waals surface area contributed by atoms with Gasteiger partial charge in [-0.1, -0.05) is 11.2 Å². The summed E-state index contributed by atoms with van der Waals surface area (Å²) in [6, 6.07) is 4.45. The topological polar surface area (TPSA) is 52.0 Å². The van der Waals surface area contributed by atoms with Crippen molar-refractivity contribution in [3.63, 3.8) is 0 Å². The van der Waals surface area contributed by atoms with Crippen LogP contribution in [0.5, 0.6) is 0 Å². The van der Waals surface area contributed by atoms with Crippen LogP contribution in [-0.2, 0) is 0 Å². The summed E-state index contributed by atoms with van der Waals surface area (Å²) in [5.74, 6) is 0.100. The van der Waals surface area contributed by atoms with Gasteiger partial charge in [0.25, 0.3) is 0 Å². The van der Waals surface area contributed by atoms with Gasteiger partial charge in [-0.05, 0) is 24.6 Å². The second-order valence-corrected chi connectivity index (χ2v) is 3.07. The smallest absolute Gasteiger partial charge is 0.190 e. The lowest BCUT2D eigenvalue weighted by molar-refractivity contribution is 0.432. The van der Waals surface area contributed by atoms with Gasteiger partial charge in [0, 0.05) is 5.56 Å². The normalized spacial score (nSPS) is 10.4. The second-order valence-electron chi connectivity index (χ2n) is 3.07. The fourth-order valence-electron chi connectivity index (χ4n) is 1.29. The molecule has 0 radical (unpaired) electrons. The van der Waals surface area contributed by atoms with Crippen LogP contribution in [0.4, 0.5) is 10.1 Å². The van der Waals surface area contributed by atoms with E-state index in [2.05, 4.69) is 5.16 Å². The van der Waals surface area contributed by atoms with Gasteiger partial charge in [-0.15, -0.1) is 0 Å². The number of aryl methyl sites for hydroxylation is 1. The molecule has 0 aliphatic rings. The standard InChI is InChI=1S/C10H9FN2O/c1-6-2-3-7(11)4-8(6)10-9(12)5-13-14-10/h2-5H,12H2,1H3. The molecule has 1 heterocycles. The SMILES string of the molecule is Cc1ccc(F)cc1-c1oncc1N. The molecule has 3 nitrogen and oxygen atoms in total. The molecule has 0 bridgehead atoms. The minimum absolute atomic E-state index is 0.318. The number of nitrogen functional groups attached to an aromatic ring is 1. The predicted molar refractivity (Wildman–Crippen MR) is 51.0 cm³/mol. The molecule has 0 amide bonds. The number of anilines is 1. The summed E-state index contributed by atoms with van der Waals surface area (Å²) in [7, 11) is 0. The van der Waals surface area contributed by atoms with E-state index in [1.807, 2.05) is 6.92 Å². The van der Waals surface area contributed by atoms with E-state index in [1.54, 1.807) is 6.07 Å². The fraction of sp³-hybridized carbons (Fsp3) is 0.100. The van der Waals surface area contributed by atoms with E-state index in [-0.39, 0.29) is 5.82 Å². The van der Waals surface area contributed by atoms with Crippen molar-refractivity contribution in [1.82, 2.24) is 5.16 Å². The van der Waals surface area contributed by atoms with Crippen molar-refractivity contribution in [1.29, 1.82) is 0 Å². The minimum atomic E-state index is -0.318. The molecule has 0 spiro atoms. The number of benzene rings is 1. The van der Waals surface area contributed by atoms with Gasteiger partial charge in [0.05, 0.1) is 6.20 Å². The molecule has 4 heteroatoms. The monoisotopic (exact) mass is 192 g/mol. The average Bonchev–Trinajstić information content (AvgIpc) is 2.56. The Morgan fingerprint density at radius 1 is 1.43 bits per heavy atom. The van der Waals surface area contributed by atoms with Crippen molar-refractivity contribution < 1.29 is 8.91 Å². The van der Waals surface area contributed by atoms with Crippen molar-refractivity contribution in [2.24, 2.45) is 0 Å². The molecule has 14 heavy (non-hydrogen) atoms. The number of rotatable bonds is 1. The van der Waals surface area contributed by atoms with E-state index < -0.39 is 0 Å². The highest BCUT2D eigenvalue weighted by Gasteiger charge is 2.11. The van der Waals surface area contributed by atoms with Gasteiger partial charge in [0.1, 0.15) is 11.5 Å². The van der Waals surface area contributed by atoms with Gasteiger partial charge < -0.3 is 10.3 Å². The van der Waals surface area contributed by atoms with Crippen LogP contribution < -0.4 is 5.73 Å². The summed E-state index contributed by atoms with van der Waals surface area (Å²) in [4.78, 5) is 0. The summed E-state index contributed by atoms with van der Waals surface area (Å²) in [6.45, 7) is 1.86. The average molecular weight is 192 g/mol. The summed E-state index contributed by atoms with van der Waals surface area (Å²) >= 11 is 0. The number of hydrogen-bond acceptors (Lipinski definition) is 3. The van der Waals surface area contributed by atoms with Gasteiger partial charge in [-0.25, -0.2) is 4.39 Å². The van der Waals surface area contributed by atoms with E-state index in [4.69, 9.17) is 10.3 Å². The van der Waals surface area contributed by atoms with Crippen molar-refractivity contribution in [2.45, 2.75) is 6.92 Å². The molecule has 2 rings (SSSR count). The van der Waals surface area contributed by atoms with Crippen LogP contribution in [0.25, 0.3) is 11.3 Å². The molecule has 1 aromatic heterocycles. The van der Waals surface area contributed by atoms with Gasteiger partial charge in [-0.3, -0.25) is 0 Å². The van der Waals surface area contributed by atoms with Crippen molar-refractivity contribution >= 4 is 5.69 Å². The lowest BCUT2D eigenvalue weighted by atomic mass is 10.1. The summed E-state index contributed by atoms with van der Waals surface area (Å²) < 4.78 is 17.9. The maximum Gasteiger partial charge on any atom is 0.190 e. The van der Waals surface area contributed by atoms with Crippen LogP contribution in [0.1, 0.15) is 5.56 Å². The molecule has 0 saturated heterocycles. The third-order valence-corrected chi connectivity index (χ3v) is 2.04. The molecule has 2 aromatic rings. The van der Waals surface area contributed by atoms with E-state index >= 15 is 0 Å². The molecule has 1 aromatic carbocycles. The molecule has 0 aliphatic carbocycles. The van der Waals surface area contributed by atoms with Crippen LogP contribution in [0, 0.1) is 12.7 Å². The number of aromatic nitrogens is 1. The maximum atomic E-state index is 13.0. The molecule has 0 saturated carbocycles. The molecule has 0 unspecified atom stereocenters. The third kappa shape index (κ3) is 1.35. The molecule has 0 atom stereocenters. The van der Waals surface area contributed by atoms with Gasteiger partial charge in [0.15, 0.2) is 5.76 Å². The van der Waals surface area contributed by atoms with Gasteiger partial charge in [0.2, 0.25) is 0 Å². The number of halogens is 1. The van der Waals surface area contributed by atoms with Gasteiger partial charge in [-0.2, -0.15) is 0 Å². The van der Waals surface area contributed by atoms with Crippen LogP contribution in [0.2, 0.25) is 0 Å². The van der Waals surface area contributed by atoms with E-state index in [0.717, 1.165) is 5.56 Å². The number of hydrogen-bond donors (Lipinski definition) is 1. The Kier molecular flexibility index (Phi) is 1.96. The van der Waals surface area contributed by atoms with Crippen molar-refractivity contribution in [3.8, 4) is 11.3 Å². The lowest BCUT2D eigenvalue weighted by Gasteiger charge is -2.02. The highest BCUT2D eigenvalue weighted by molar-refractivity contribution is 5.72. The highest BCUT2D eigenvalue weighted by atomic mass is 19.1. The fourth-order valence-corrected chi connectivity index (χ4v) is 1.29. The maximum absolute atomic E-state index is 13.0. The first-order valence-corrected chi connectivity index (χ1v) is 4.15. The lowest BCUT2D eigenvalue weighted by Crippen LogP contribution is -1.88. The van der Waals surface area contributed by atoms with Crippen LogP contribution in [0.3, 0.4) is 0 Å². The Bertz CT molecular complexity index is 465. The Hall–Kier alpha value is -1.84. The van der Waals surface area contributed by atoms with E-state index in [9.17, 15) is 4.39 Å². The predicted octanol–water partition coefficient (Wildman–Crippen LogP) is 2.37. The Labute approximate surface area is 80.3 Å². The number of nitrogens with two attached hydrogens (primary N) is 1. The quantitative estimate of drug-likeness (QED) is 0.754. The third-order valence-electron chi connectivity index (χ3n) is 2.04. The van der Waals surface area contributed by atoms with Crippen LogP contribution >= 0.6 is 0 Å². The minimum Gasteiger partial charge on any atom is -0.394 e. The first-order valence-electron chi connectivity index (χ1n) is 4.15. The van der Waals surface area contributed by atoms with Crippen molar-refractivity contribution in [2.75, 3.05) is 5.73 Å². The zero-order valence-electron chi connectivity index (χ0n) is 7.62. The first kappa shape index (κ1) is 8.74. The Balaban J connectivity index is 2.62. The zero-order valence-corrected chi connectivity index (χ0v) is 7.62. The molecule has 0 fully saturated rings. The highest BCUT2D eigenvalue weighted by Crippen LogP contribution is 2.28. The molecular weight excluding hydrogens is 183 g/mol. The largest absolute Gasteiger partial charge is 0.394 e. The van der Waals surface area contributed by atoms with Crippen LogP contribution in [0.15, 0.2) is 28.9 Å². The second kappa shape index (κ2) is 3.14. The summed E-state index contributed by atoms with van der Waals surface area (Å²) in [6.07, 6.45) is 1.40. The zero-order chi connectivity index (χ0) is 10.1. The van der Waals surface area contributed by atoms with E-state index in [0.29, 0.717) is 17.0 Å². The first-order chi connectivity index (χ1) is 6.68. The van der Waals surface area contributed by atoms with Crippen LogP contribution in [-0.4, -0.2) is 5.16 Å². The molecule has 0 aliphatic heterocycles. The Morgan fingerprint density at radius 2 is 2.21 bits per heavy atom. The number of nitrogens with zero attached hydrogens (tertiary/aromatic N) is 1. The van der Waals surface area contributed by atoms with Crippen molar-refractivity contribution in [3.05, 3.63) is 35.8 Å². The van der Waals surface area contributed by atoms with E-state index in [1.165, 1.54) is 18.3 Å². The Morgan fingerprint density at radius 3 is 2.86 bits per heavy atom. The molecular formula is C10H9FN2O. The van der Waals surface area contributed by atoms with Gasteiger partial charge >= 0.3 is 0 Å². The summed E-state index contributed by atoms with van der Waals surface area (Å²) in [5.41, 5.74) is 7.57. The molecule has 72 valence electrons. The summed E-state index contributed by atoms with van der Waals surface area (Å²) in [5, 5.41) is 3.55. The molecule has 2 N–H and O–H groups in total.